The molecule has 0 bridgehead atoms. The van der Waals surface area contributed by atoms with E-state index in [1.54, 1.807) is 24.4 Å². The van der Waals surface area contributed by atoms with E-state index in [1.165, 1.54) is 0 Å². The van der Waals surface area contributed by atoms with Gasteiger partial charge in [0, 0.05) is 28.3 Å². The van der Waals surface area contributed by atoms with Crippen molar-refractivity contribution in [3.63, 3.8) is 0 Å². The van der Waals surface area contributed by atoms with Crippen LogP contribution in [0.3, 0.4) is 0 Å². The number of rotatable bonds is 4. The molecule has 1 aromatic heterocycles. The van der Waals surface area contributed by atoms with Crippen LogP contribution in [-0.4, -0.2) is 15.9 Å². The van der Waals surface area contributed by atoms with E-state index in [-0.39, 0.29) is 11.9 Å². The summed E-state index contributed by atoms with van der Waals surface area (Å²) in [5.74, 6) is 0.104. The Balaban J connectivity index is 1.68. The molecule has 0 fully saturated rings. The summed E-state index contributed by atoms with van der Waals surface area (Å²) in [4.78, 5) is 20.3. The standard InChI is InChI=1S/C18H15BrN4O/c19-15-3-1-2-12(10-15)11-22-17(24)14-6-4-13(5-7-14)16-8-9-21-18(20)23-16/h1-10H,11H2,(H,22,24)(H2,20,21,23). The lowest BCUT2D eigenvalue weighted by Gasteiger charge is -2.07. The van der Waals surface area contributed by atoms with Crippen LogP contribution in [0, 0.1) is 0 Å². The zero-order valence-corrected chi connectivity index (χ0v) is 14.3. The fourth-order valence-corrected chi connectivity index (χ4v) is 2.70. The molecule has 0 atom stereocenters. The molecule has 0 aliphatic rings. The van der Waals surface area contributed by atoms with Crippen molar-refractivity contribution in [2.24, 2.45) is 0 Å². The lowest BCUT2D eigenvalue weighted by atomic mass is 10.1. The van der Waals surface area contributed by atoms with Crippen molar-refractivity contribution >= 4 is 27.8 Å². The van der Waals surface area contributed by atoms with Gasteiger partial charge in [0.05, 0.1) is 5.69 Å². The normalized spacial score (nSPS) is 10.4. The summed E-state index contributed by atoms with van der Waals surface area (Å²) >= 11 is 3.42. The first-order valence-corrected chi connectivity index (χ1v) is 8.13. The third-order valence-electron chi connectivity index (χ3n) is 3.46. The minimum absolute atomic E-state index is 0.122. The fraction of sp³-hybridized carbons (Fsp3) is 0.0556. The third kappa shape index (κ3) is 3.97. The van der Waals surface area contributed by atoms with Crippen molar-refractivity contribution < 1.29 is 4.79 Å². The van der Waals surface area contributed by atoms with Crippen LogP contribution in [0.15, 0.2) is 65.3 Å². The summed E-state index contributed by atoms with van der Waals surface area (Å²) in [7, 11) is 0. The van der Waals surface area contributed by atoms with E-state index in [1.807, 2.05) is 36.4 Å². The fourth-order valence-electron chi connectivity index (χ4n) is 2.26. The molecule has 5 nitrogen and oxygen atoms in total. The number of carbonyl (C=O) groups excluding carboxylic acids is 1. The van der Waals surface area contributed by atoms with E-state index in [0.717, 1.165) is 21.3 Å². The van der Waals surface area contributed by atoms with Crippen molar-refractivity contribution in [2.45, 2.75) is 6.54 Å². The lowest BCUT2D eigenvalue weighted by molar-refractivity contribution is 0.0951. The number of nitrogen functional groups attached to an aromatic ring is 1. The number of hydrogen-bond donors (Lipinski definition) is 2. The molecular formula is C18H15BrN4O. The van der Waals surface area contributed by atoms with Crippen LogP contribution < -0.4 is 11.1 Å². The van der Waals surface area contributed by atoms with Gasteiger partial charge in [-0.1, -0.05) is 40.2 Å². The second kappa shape index (κ2) is 7.23. The maximum absolute atomic E-state index is 12.2. The average Bonchev–Trinajstić information content (AvgIpc) is 2.60. The van der Waals surface area contributed by atoms with Gasteiger partial charge >= 0.3 is 0 Å². The Labute approximate surface area is 148 Å². The number of benzene rings is 2. The summed E-state index contributed by atoms with van der Waals surface area (Å²) in [6, 6.07) is 16.8. The molecule has 0 saturated heterocycles. The summed E-state index contributed by atoms with van der Waals surface area (Å²) in [6.45, 7) is 0.475. The van der Waals surface area contributed by atoms with Crippen molar-refractivity contribution in [1.29, 1.82) is 0 Å². The van der Waals surface area contributed by atoms with Gasteiger partial charge < -0.3 is 11.1 Å². The molecule has 120 valence electrons. The van der Waals surface area contributed by atoms with E-state index < -0.39 is 0 Å². The molecule has 0 spiro atoms. The number of nitrogens with two attached hydrogens (primary N) is 1. The maximum Gasteiger partial charge on any atom is 0.251 e. The first-order chi connectivity index (χ1) is 11.6. The average molecular weight is 383 g/mol. The first kappa shape index (κ1) is 16.1. The highest BCUT2D eigenvalue weighted by molar-refractivity contribution is 9.10. The Morgan fingerprint density at radius 1 is 1.12 bits per heavy atom. The Kier molecular flexibility index (Phi) is 4.86. The molecule has 0 aliphatic heterocycles. The van der Waals surface area contributed by atoms with E-state index in [0.29, 0.717) is 12.1 Å². The van der Waals surface area contributed by atoms with Crippen molar-refractivity contribution in [1.82, 2.24) is 15.3 Å². The molecule has 3 aromatic rings. The lowest BCUT2D eigenvalue weighted by Crippen LogP contribution is -2.22. The van der Waals surface area contributed by atoms with Gasteiger partial charge in [-0.15, -0.1) is 0 Å². The second-order valence-electron chi connectivity index (χ2n) is 5.19. The molecule has 1 amide bonds. The van der Waals surface area contributed by atoms with Gasteiger partial charge in [0.2, 0.25) is 5.95 Å². The maximum atomic E-state index is 12.2. The van der Waals surface area contributed by atoms with Crippen LogP contribution >= 0.6 is 15.9 Å². The van der Waals surface area contributed by atoms with Crippen molar-refractivity contribution in [2.75, 3.05) is 5.73 Å². The summed E-state index contributed by atoms with van der Waals surface area (Å²) < 4.78 is 0.989. The van der Waals surface area contributed by atoms with Gasteiger partial charge in [-0.2, -0.15) is 0 Å². The van der Waals surface area contributed by atoms with Crippen molar-refractivity contribution in [3.05, 3.63) is 76.4 Å². The Morgan fingerprint density at radius 2 is 1.92 bits per heavy atom. The van der Waals surface area contributed by atoms with Gasteiger partial charge in [0.1, 0.15) is 0 Å². The summed E-state index contributed by atoms with van der Waals surface area (Å²) in [5, 5.41) is 2.91. The SMILES string of the molecule is Nc1nccc(-c2ccc(C(=O)NCc3cccc(Br)c3)cc2)n1. The van der Waals surface area contributed by atoms with Crippen LogP contribution in [0.5, 0.6) is 0 Å². The molecule has 1 heterocycles. The second-order valence-corrected chi connectivity index (χ2v) is 6.11. The molecular weight excluding hydrogens is 368 g/mol. The zero-order chi connectivity index (χ0) is 16.9. The molecule has 6 heteroatoms. The number of nitrogens with zero attached hydrogens (tertiary/aromatic N) is 2. The summed E-state index contributed by atoms with van der Waals surface area (Å²) in [6.07, 6.45) is 1.61. The molecule has 0 saturated carbocycles. The molecule has 24 heavy (non-hydrogen) atoms. The largest absolute Gasteiger partial charge is 0.368 e. The predicted molar refractivity (Wildman–Crippen MR) is 97.2 cm³/mol. The molecule has 0 unspecified atom stereocenters. The number of carbonyl (C=O) groups is 1. The molecule has 0 radical (unpaired) electrons. The van der Waals surface area contributed by atoms with Crippen LogP contribution in [0.2, 0.25) is 0 Å². The number of hydrogen-bond acceptors (Lipinski definition) is 4. The monoisotopic (exact) mass is 382 g/mol. The molecule has 2 aromatic carbocycles. The Hall–Kier alpha value is -2.73. The third-order valence-corrected chi connectivity index (χ3v) is 3.95. The van der Waals surface area contributed by atoms with Crippen LogP contribution in [0.25, 0.3) is 11.3 Å². The first-order valence-electron chi connectivity index (χ1n) is 7.33. The van der Waals surface area contributed by atoms with Crippen LogP contribution in [-0.2, 0) is 6.54 Å². The smallest absolute Gasteiger partial charge is 0.251 e. The topological polar surface area (TPSA) is 80.9 Å². The number of aromatic nitrogens is 2. The number of nitrogens with one attached hydrogen (secondary N) is 1. The predicted octanol–water partition coefficient (Wildman–Crippen LogP) is 3.42. The van der Waals surface area contributed by atoms with E-state index in [4.69, 9.17) is 5.73 Å². The Morgan fingerprint density at radius 3 is 2.62 bits per heavy atom. The minimum atomic E-state index is -0.122. The van der Waals surface area contributed by atoms with Gasteiger partial charge in [-0.25, -0.2) is 9.97 Å². The van der Waals surface area contributed by atoms with E-state index >= 15 is 0 Å². The number of halogens is 1. The van der Waals surface area contributed by atoms with Crippen LogP contribution in [0.4, 0.5) is 5.95 Å². The highest BCUT2D eigenvalue weighted by Gasteiger charge is 2.07. The van der Waals surface area contributed by atoms with Crippen LogP contribution in [0.1, 0.15) is 15.9 Å². The van der Waals surface area contributed by atoms with Gasteiger partial charge in [0.15, 0.2) is 0 Å². The highest BCUT2D eigenvalue weighted by atomic mass is 79.9. The quantitative estimate of drug-likeness (QED) is 0.724. The molecule has 0 aliphatic carbocycles. The van der Waals surface area contributed by atoms with Gasteiger partial charge in [0.25, 0.3) is 5.91 Å². The van der Waals surface area contributed by atoms with Gasteiger partial charge in [-0.05, 0) is 35.9 Å². The Bertz CT molecular complexity index is 865. The number of amides is 1. The zero-order valence-electron chi connectivity index (χ0n) is 12.7. The minimum Gasteiger partial charge on any atom is -0.368 e. The molecule has 3 rings (SSSR count). The van der Waals surface area contributed by atoms with E-state index in [9.17, 15) is 4.79 Å². The highest BCUT2D eigenvalue weighted by Crippen LogP contribution is 2.18. The summed E-state index contributed by atoms with van der Waals surface area (Å²) in [5.41, 5.74) is 8.82. The van der Waals surface area contributed by atoms with Crippen molar-refractivity contribution in [3.8, 4) is 11.3 Å². The number of anilines is 1. The molecule has 3 N–H and O–H groups in total. The van der Waals surface area contributed by atoms with E-state index in [2.05, 4.69) is 31.2 Å². The van der Waals surface area contributed by atoms with Gasteiger partial charge in [-0.3, -0.25) is 4.79 Å².